The van der Waals surface area contributed by atoms with Crippen LogP contribution < -0.4 is 5.32 Å². The van der Waals surface area contributed by atoms with Gasteiger partial charge in [0.1, 0.15) is 11.5 Å². The van der Waals surface area contributed by atoms with Crippen LogP contribution in [0.4, 0.5) is 15.8 Å². The molecule has 0 fully saturated rings. The fourth-order valence-corrected chi connectivity index (χ4v) is 1.12. The molecule has 0 radical (unpaired) electrons. The molecule has 0 aliphatic carbocycles. The van der Waals surface area contributed by atoms with Crippen LogP contribution in [0.15, 0.2) is 18.2 Å². The third-order valence-electron chi connectivity index (χ3n) is 1.87. The number of nitro benzene ring substituents is 1. The minimum atomic E-state index is -0.998. The average Bonchev–Trinajstić information content (AvgIpc) is 2.14. The Hall–Kier alpha value is -1.69. The molecule has 0 aliphatic heterocycles. The topological polar surface area (TPSA) is 75.4 Å². The fraction of sp³-hybridized carbons (Fsp3) is 0.400. The van der Waals surface area contributed by atoms with Gasteiger partial charge in [-0.1, -0.05) is 0 Å². The van der Waals surface area contributed by atoms with Gasteiger partial charge in [-0.3, -0.25) is 10.1 Å². The Kier molecular flexibility index (Phi) is 3.44. The number of nitrogens with one attached hydrogen (secondary N) is 1. The van der Waals surface area contributed by atoms with E-state index in [1.54, 1.807) is 13.8 Å². The SMILES string of the molecule is CC(C)(O)CNc1ccc(F)cc1[N+](=O)[O-]. The fourth-order valence-electron chi connectivity index (χ4n) is 1.12. The summed E-state index contributed by atoms with van der Waals surface area (Å²) in [6, 6.07) is 3.24. The lowest BCUT2D eigenvalue weighted by atomic mass is 10.1. The van der Waals surface area contributed by atoms with E-state index >= 15 is 0 Å². The molecular weight excluding hydrogens is 215 g/mol. The zero-order chi connectivity index (χ0) is 12.3. The van der Waals surface area contributed by atoms with Crippen molar-refractivity contribution >= 4 is 11.4 Å². The van der Waals surface area contributed by atoms with Crippen LogP contribution in [0.5, 0.6) is 0 Å². The van der Waals surface area contributed by atoms with E-state index in [-0.39, 0.29) is 17.9 Å². The molecule has 2 N–H and O–H groups in total. The van der Waals surface area contributed by atoms with Gasteiger partial charge >= 0.3 is 0 Å². The number of rotatable bonds is 4. The van der Waals surface area contributed by atoms with E-state index in [1.807, 2.05) is 0 Å². The highest BCUT2D eigenvalue weighted by atomic mass is 19.1. The summed E-state index contributed by atoms with van der Waals surface area (Å²) in [5.41, 5.74) is -1.15. The minimum Gasteiger partial charge on any atom is -0.389 e. The lowest BCUT2D eigenvalue weighted by molar-refractivity contribution is -0.384. The van der Waals surface area contributed by atoms with Crippen LogP contribution in [0.1, 0.15) is 13.8 Å². The number of aliphatic hydroxyl groups is 1. The molecule has 0 heterocycles. The molecule has 0 aromatic heterocycles. The van der Waals surface area contributed by atoms with Crippen LogP contribution in [0.3, 0.4) is 0 Å². The van der Waals surface area contributed by atoms with Gasteiger partial charge in [0.2, 0.25) is 0 Å². The van der Waals surface area contributed by atoms with E-state index in [9.17, 15) is 19.6 Å². The van der Waals surface area contributed by atoms with E-state index in [0.717, 1.165) is 12.1 Å². The van der Waals surface area contributed by atoms with Gasteiger partial charge in [0, 0.05) is 6.54 Å². The van der Waals surface area contributed by atoms with E-state index in [4.69, 9.17) is 0 Å². The quantitative estimate of drug-likeness (QED) is 0.609. The highest BCUT2D eigenvalue weighted by Gasteiger charge is 2.18. The van der Waals surface area contributed by atoms with Gasteiger partial charge in [0.15, 0.2) is 0 Å². The van der Waals surface area contributed by atoms with Crippen LogP contribution in [0.25, 0.3) is 0 Å². The second-order valence-electron chi connectivity index (χ2n) is 4.08. The van der Waals surface area contributed by atoms with Crippen molar-refractivity contribution in [1.82, 2.24) is 0 Å². The number of hydrogen-bond acceptors (Lipinski definition) is 4. The van der Waals surface area contributed by atoms with Crippen molar-refractivity contribution in [3.05, 3.63) is 34.1 Å². The standard InChI is InChI=1S/C10H13FN2O3/c1-10(2,14)6-12-8-4-3-7(11)5-9(8)13(15)16/h3-5,12,14H,6H2,1-2H3. The highest BCUT2D eigenvalue weighted by Crippen LogP contribution is 2.25. The highest BCUT2D eigenvalue weighted by molar-refractivity contribution is 5.61. The third-order valence-corrected chi connectivity index (χ3v) is 1.87. The van der Waals surface area contributed by atoms with Gasteiger partial charge in [-0.15, -0.1) is 0 Å². The molecule has 0 bridgehead atoms. The monoisotopic (exact) mass is 228 g/mol. The Morgan fingerprint density at radius 1 is 1.56 bits per heavy atom. The lowest BCUT2D eigenvalue weighted by Crippen LogP contribution is -2.29. The van der Waals surface area contributed by atoms with E-state index in [0.29, 0.717) is 0 Å². The summed E-state index contributed by atoms with van der Waals surface area (Å²) in [5.74, 6) is -0.666. The summed E-state index contributed by atoms with van der Waals surface area (Å²) in [4.78, 5) is 9.96. The molecule has 0 saturated heterocycles. The zero-order valence-corrected chi connectivity index (χ0v) is 9.03. The third kappa shape index (κ3) is 3.47. The summed E-state index contributed by atoms with van der Waals surface area (Å²) in [7, 11) is 0. The van der Waals surface area contributed by atoms with Crippen molar-refractivity contribution in [3.63, 3.8) is 0 Å². The number of benzene rings is 1. The van der Waals surface area contributed by atoms with Gasteiger partial charge in [0.05, 0.1) is 16.6 Å². The van der Waals surface area contributed by atoms with Gasteiger partial charge in [-0.05, 0) is 26.0 Å². The Morgan fingerprint density at radius 2 is 2.19 bits per heavy atom. The molecule has 0 saturated carbocycles. The number of nitrogens with zero attached hydrogens (tertiary/aromatic N) is 1. The number of halogens is 1. The number of anilines is 1. The zero-order valence-electron chi connectivity index (χ0n) is 9.03. The smallest absolute Gasteiger partial charge is 0.295 e. The molecule has 6 heteroatoms. The second-order valence-corrected chi connectivity index (χ2v) is 4.08. The van der Waals surface area contributed by atoms with Crippen LogP contribution in [-0.4, -0.2) is 22.2 Å². The first-order valence-corrected chi connectivity index (χ1v) is 4.70. The maximum absolute atomic E-state index is 12.8. The molecule has 0 unspecified atom stereocenters. The van der Waals surface area contributed by atoms with Gasteiger partial charge in [0.25, 0.3) is 5.69 Å². The average molecular weight is 228 g/mol. The summed E-state index contributed by atoms with van der Waals surface area (Å²) in [5, 5.41) is 22.8. The molecule has 0 spiro atoms. The summed E-state index contributed by atoms with van der Waals surface area (Å²) in [6.07, 6.45) is 0. The predicted molar refractivity (Wildman–Crippen MR) is 57.8 cm³/mol. The van der Waals surface area contributed by atoms with Crippen molar-refractivity contribution in [2.45, 2.75) is 19.4 Å². The van der Waals surface area contributed by atoms with Crippen LogP contribution in [0.2, 0.25) is 0 Å². The van der Waals surface area contributed by atoms with Crippen molar-refractivity contribution in [3.8, 4) is 0 Å². The molecule has 1 rings (SSSR count). The Morgan fingerprint density at radius 3 is 2.69 bits per heavy atom. The summed E-state index contributed by atoms with van der Waals surface area (Å²) >= 11 is 0. The normalized spacial score (nSPS) is 11.2. The number of hydrogen-bond donors (Lipinski definition) is 2. The molecule has 16 heavy (non-hydrogen) atoms. The first-order chi connectivity index (χ1) is 7.29. The lowest BCUT2D eigenvalue weighted by Gasteiger charge is -2.18. The Balaban J connectivity index is 2.91. The summed E-state index contributed by atoms with van der Waals surface area (Å²) < 4.78 is 12.8. The Labute approximate surface area is 92.1 Å². The van der Waals surface area contributed by atoms with Gasteiger partial charge in [-0.2, -0.15) is 0 Å². The van der Waals surface area contributed by atoms with Crippen LogP contribution >= 0.6 is 0 Å². The maximum Gasteiger partial charge on any atom is 0.295 e. The molecule has 1 aromatic carbocycles. The molecule has 5 nitrogen and oxygen atoms in total. The first-order valence-electron chi connectivity index (χ1n) is 4.70. The van der Waals surface area contributed by atoms with Crippen molar-refractivity contribution in [2.24, 2.45) is 0 Å². The van der Waals surface area contributed by atoms with Crippen molar-refractivity contribution in [1.29, 1.82) is 0 Å². The molecule has 0 aliphatic rings. The first kappa shape index (κ1) is 12.4. The summed E-state index contributed by atoms with van der Waals surface area (Å²) in [6.45, 7) is 3.27. The van der Waals surface area contributed by atoms with Crippen LogP contribution in [-0.2, 0) is 0 Å². The molecule has 1 aromatic rings. The van der Waals surface area contributed by atoms with E-state index in [2.05, 4.69) is 5.32 Å². The molecule has 88 valence electrons. The number of nitro groups is 1. The Bertz CT molecular complexity index is 402. The van der Waals surface area contributed by atoms with Gasteiger partial charge in [-0.25, -0.2) is 4.39 Å². The van der Waals surface area contributed by atoms with E-state index in [1.165, 1.54) is 6.07 Å². The van der Waals surface area contributed by atoms with Crippen molar-refractivity contribution < 1.29 is 14.4 Å². The van der Waals surface area contributed by atoms with Crippen LogP contribution in [0, 0.1) is 15.9 Å². The predicted octanol–water partition coefficient (Wildman–Crippen LogP) is 1.92. The largest absolute Gasteiger partial charge is 0.389 e. The van der Waals surface area contributed by atoms with Gasteiger partial charge < -0.3 is 10.4 Å². The van der Waals surface area contributed by atoms with Crippen molar-refractivity contribution in [2.75, 3.05) is 11.9 Å². The molecular formula is C10H13FN2O3. The minimum absolute atomic E-state index is 0.138. The molecule has 0 atom stereocenters. The maximum atomic E-state index is 12.8. The molecule has 0 amide bonds. The second kappa shape index (κ2) is 4.44. The van der Waals surface area contributed by atoms with E-state index < -0.39 is 16.3 Å².